The second-order valence-electron chi connectivity index (χ2n) is 5.85. The predicted molar refractivity (Wildman–Crippen MR) is 96.7 cm³/mol. The zero-order valence-electron chi connectivity index (χ0n) is 14.4. The first kappa shape index (κ1) is 19.0. The molecule has 1 N–H and O–H groups in total. The predicted octanol–water partition coefficient (Wildman–Crippen LogP) is 3.01. The molecule has 0 aromatic heterocycles. The number of hydrogen-bond donors (Lipinski definition) is 1. The Bertz CT molecular complexity index is 1040. The number of hydrogen-bond acceptors (Lipinski definition) is 4. The maximum atomic E-state index is 14.2. The number of carboxylic acids is 1. The Hall–Kier alpha value is -3.74. The van der Waals surface area contributed by atoms with Crippen molar-refractivity contribution in [3.8, 4) is 16.9 Å². The second kappa shape index (κ2) is 8.30. The summed E-state index contributed by atoms with van der Waals surface area (Å²) in [5.74, 6) is -3.07. The highest BCUT2D eigenvalue weighted by Crippen LogP contribution is 2.24. The van der Waals surface area contributed by atoms with E-state index in [4.69, 9.17) is 4.74 Å². The number of halogens is 2. The molecular formula is C21H14F2NO4-. The number of ether oxygens (including phenoxy) is 1. The van der Waals surface area contributed by atoms with E-state index in [0.29, 0.717) is 11.1 Å². The van der Waals surface area contributed by atoms with Gasteiger partial charge in [-0.15, -0.1) is 0 Å². The van der Waals surface area contributed by atoms with Crippen molar-refractivity contribution in [2.24, 2.45) is 0 Å². The molecule has 0 fully saturated rings. The summed E-state index contributed by atoms with van der Waals surface area (Å²) in [6.07, 6.45) is 0. The van der Waals surface area contributed by atoms with E-state index < -0.39 is 30.1 Å². The van der Waals surface area contributed by atoms with Gasteiger partial charge in [0.2, 0.25) is 0 Å². The molecule has 0 radical (unpaired) electrons. The van der Waals surface area contributed by atoms with Crippen LogP contribution in [0.2, 0.25) is 0 Å². The SMILES string of the molecule is O=C([O-])COc1cccc(NC(=O)c2cc(-c3cccc(F)c3)ccc2F)c1. The molecule has 0 saturated carbocycles. The number of benzene rings is 3. The smallest absolute Gasteiger partial charge is 0.258 e. The standard InChI is InChI=1S/C21H15F2NO4/c22-15-4-1-3-13(9-15)14-7-8-19(23)18(10-14)21(27)24-16-5-2-6-17(11-16)28-12-20(25)26/h1-11H,12H2,(H,24,27)(H,25,26)/p-1. The number of rotatable bonds is 6. The van der Waals surface area contributed by atoms with E-state index >= 15 is 0 Å². The Balaban J connectivity index is 1.82. The number of anilines is 1. The molecule has 0 spiro atoms. The lowest BCUT2D eigenvalue weighted by molar-refractivity contribution is -0.307. The van der Waals surface area contributed by atoms with Crippen molar-refractivity contribution >= 4 is 17.6 Å². The molecule has 1 amide bonds. The molecule has 7 heteroatoms. The number of nitrogens with one attached hydrogen (secondary N) is 1. The van der Waals surface area contributed by atoms with Crippen LogP contribution >= 0.6 is 0 Å². The molecule has 28 heavy (non-hydrogen) atoms. The molecule has 0 atom stereocenters. The Morgan fingerprint density at radius 1 is 0.929 bits per heavy atom. The summed E-state index contributed by atoms with van der Waals surface area (Å²) in [5, 5.41) is 13.0. The van der Waals surface area contributed by atoms with Crippen molar-refractivity contribution in [3.05, 3.63) is 83.9 Å². The van der Waals surface area contributed by atoms with Gasteiger partial charge < -0.3 is 20.0 Å². The summed E-state index contributed by atoms with van der Waals surface area (Å²) in [6.45, 7) is -0.637. The lowest BCUT2D eigenvalue weighted by atomic mass is 10.0. The van der Waals surface area contributed by atoms with Gasteiger partial charge in [0.1, 0.15) is 24.0 Å². The molecule has 142 valence electrons. The van der Waals surface area contributed by atoms with Crippen molar-refractivity contribution < 1.29 is 28.2 Å². The number of carbonyl (C=O) groups is 2. The van der Waals surface area contributed by atoms with Crippen molar-refractivity contribution in [1.82, 2.24) is 0 Å². The van der Waals surface area contributed by atoms with Gasteiger partial charge in [0.05, 0.1) is 11.5 Å². The number of carboxylic acid groups (broad SMARTS) is 1. The Morgan fingerprint density at radius 2 is 1.68 bits per heavy atom. The van der Waals surface area contributed by atoms with Crippen LogP contribution in [0.1, 0.15) is 10.4 Å². The fourth-order valence-corrected chi connectivity index (χ4v) is 2.55. The first-order valence-electron chi connectivity index (χ1n) is 8.22. The second-order valence-corrected chi connectivity index (χ2v) is 5.85. The molecule has 0 aliphatic rings. The van der Waals surface area contributed by atoms with Gasteiger partial charge in [0.15, 0.2) is 0 Å². The monoisotopic (exact) mass is 382 g/mol. The molecule has 0 heterocycles. The number of carbonyl (C=O) groups excluding carboxylic acids is 2. The highest BCUT2D eigenvalue weighted by Gasteiger charge is 2.14. The first-order chi connectivity index (χ1) is 13.4. The van der Waals surface area contributed by atoms with E-state index in [2.05, 4.69) is 5.32 Å². The third-order valence-electron chi connectivity index (χ3n) is 3.82. The molecule has 0 unspecified atom stereocenters. The van der Waals surface area contributed by atoms with Crippen molar-refractivity contribution in [2.75, 3.05) is 11.9 Å². The van der Waals surface area contributed by atoms with Crippen LogP contribution in [0.15, 0.2) is 66.7 Å². The van der Waals surface area contributed by atoms with E-state index in [-0.39, 0.29) is 17.0 Å². The molecule has 5 nitrogen and oxygen atoms in total. The number of aliphatic carboxylic acids is 1. The third-order valence-corrected chi connectivity index (χ3v) is 3.82. The molecule has 0 aliphatic carbocycles. The van der Waals surface area contributed by atoms with Gasteiger partial charge in [-0.1, -0.05) is 24.3 Å². The molecular weight excluding hydrogens is 368 g/mol. The van der Waals surface area contributed by atoms with Gasteiger partial charge in [-0.05, 0) is 47.5 Å². The fourth-order valence-electron chi connectivity index (χ4n) is 2.55. The molecule has 0 saturated heterocycles. The maximum Gasteiger partial charge on any atom is 0.258 e. The molecule has 3 rings (SSSR count). The lowest BCUT2D eigenvalue weighted by Crippen LogP contribution is -2.28. The average molecular weight is 382 g/mol. The fraction of sp³-hybridized carbons (Fsp3) is 0.0476. The van der Waals surface area contributed by atoms with Crippen LogP contribution in [0.25, 0.3) is 11.1 Å². The van der Waals surface area contributed by atoms with Crippen LogP contribution in [-0.4, -0.2) is 18.5 Å². The van der Waals surface area contributed by atoms with Gasteiger partial charge in [-0.3, -0.25) is 4.79 Å². The summed E-state index contributed by atoms with van der Waals surface area (Å²) in [6, 6.07) is 15.6. The van der Waals surface area contributed by atoms with Crippen molar-refractivity contribution in [3.63, 3.8) is 0 Å². The van der Waals surface area contributed by atoms with Crippen LogP contribution in [0, 0.1) is 11.6 Å². The van der Waals surface area contributed by atoms with Crippen LogP contribution in [0.5, 0.6) is 5.75 Å². The van der Waals surface area contributed by atoms with E-state index in [9.17, 15) is 23.5 Å². The van der Waals surface area contributed by atoms with Gasteiger partial charge in [-0.25, -0.2) is 8.78 Å². The minimum atomic E-state index is -1.38. The summed E-state index contributed by atoms with van der Waals surface area (Å²) in [5.41, 5.74) is 1.06. The zero-order chi connectivity index (χ0) is 20.1. The lowest BCUT2D eigenvalue weighted by Gasteiger charge is -2.11. The molecule has 3 aromatic rings. The topological polar surface area (TPSA) is 78.5 Å². The van der Waals surface area contributed by atoms with Crippen LogP contribution in [0.3, 0.4) is 0 Å². The maximum absolute atomic E-state index is 14.2. The van der Waals surface area contributed by atoms with Crippen LogP contribution < -0.4 is 15.2 Å². The van der Waals surface area contributed by atoms with Gasteiger partial charge in [0, 0.05) is 11.8 Å². The highest BCUT2D eigenvalue weighted by molar-refractivity contribution is 6.05. The largest absolute Gasteiger partial charge is 0.546 e. The normalized spacial score (nSPS) is 10.4. The summed E-state index contributed by atoms with van der Waals surface area (Å²) in [4.78, 5) is 22.9. The van der Waals surface area contributed by atoms with Gasteiger partial charge in [0.25, 0.3) is 5.91 Å². The average Bonchev–Trinajstić information content (AvgIpc) is 2.67. The van der Waals surface area contributed by atoms with Gasteiger partial charge >= 0.3 is 0 Å². The Kier molecular flexibility index (Phi) is 5.64. The summed E-state index contributed by atoms with van der Waals surface area (Å²) >= 11 is 0. The highest BCUT2D eigenvalue weighted by atomic mass is 19.1. The zero-order valence-corrected chi connectivity index (χ0v) is 14.4. The van der Waals surface area contributed by atoms with Crippen molar-refractivity contribution in [1.29, 1.82) is 0 Å². The van der Waals surface area contributed by atoms with E-state index in [1.165, 1.54) is 48.5 Å². The summed E-state index contributed by atoms with van der Waals surface area (Å²) in [7, 11) is 0. The van der Waals surface area contributed by atoms with Crippen LogP contribution in [-0.2, 0) is 4.79 Å². The first-order valence-corrected chi connectivity index (χ1v) is 8.22. The van der Waals surface area contributed by atoms with Crippen LogP contribution in [0.4, 0.5) is 14.5 Å². The van der Waals surface area contributed by atoms with Crippen molar-refractivity contribution in [2.45, 2.75) is 0 Å². The molecule has 0 aliphatic heterocycles. The van der Waals surface area contributed by atoms with E-state index in [0.717, 1.165) is 6.07 Å². The van der Waals surface area contributed by atoms with E-state index in [1.54, 1.807) is 12.1 Å². The third kappa shape index (κ3) is 4.70. The molecule has 3 aromatic carbocycles. The number of amides is 1. The Morgan fingerprint density at radius 3 is 2.43 bits per heavy atom. The summed E-state index contributed by atoms with van der Waals surface area (Å²) < 4.78 is 32.6. The van der Waals surface area contributed by atoms with E-state index in [1.807, 2.05) is 0 Å². The Labute approximate surface area is 159 Å². The quantitative estimate of drug-likeness (QED) is 0.711. The molecule has 0 bridgehead atoms. The minimum absolute atomic E-state index is 0.205. The van der Waals surface area contributed by atoms with Gasteiger partial charge in [-0.2, -0.15) is 0 Å². The minimum Gasteiger partial charge on any atom is -0.546 e.